The Morgan fingerprint density at radius 2 is 1.08 bits per heavy atom. The van der Waals surface area contributed by atoms with Gasteiger partial charge in [0, 0.05) is 150 Å². The second kappa shape index (κ2) is 26.2. The molecule has 12 aromatic rings. The number of imidazole rings is 3. The number of rotatable bonds is 8. The first-order chi connectivity index (χ1) is 46.4. The second-order valence-electron chi connectivity index (χ2n) is 25.5. The zero-order valence-corrected chi connectivity index (χ0v) is 54.5. The number of halogens is 1. The monoisotopic (exact) mass is 1290 g/mol. The predicted octanol–water partition coefficient (Wildman–Crippen LogP) is 11.2. The van der Waals surface area contributed by atoms with Crippen molar-refractivity contribution >= 4 is 84.7 Å². The molecule has 1 aliphatic carbocycles. The van der Waals surface area contributed by atoms with Crippen LogP contribution in [-0.2, 0) is 4.79 Å². The van der Waals surface area contributed by atoms with Crippen LogP contribution in [0.15, 0.2) is 108 Å². The molecule has 0 atom stereocenters. The molecule has 9 aromatic heterocycles. The quantitative estimate of drug-likeness (QED) is 0.0773. The second-order valence-corrected chi connectivity index (χ2v) is 25.5. The van der Waals surface area contributed by atoms with Crippen LogP contribution in [0.5, 0.6) is 0 Å². The van der Waals surface area contributed by atoms with Gasteiger partial charge in [0.05, 0.1) is 22.4 Å². The van der Waals surface area contributed by atoms with E-state index < -0.39 is 0 Å². The van der Waals surface area contributed by atoms with Crippen molar-refractivity contribution in [2.24, 2.45) is 5.92 Å². The normalized spacial score (nSPS) is 16.1. The summed E-state index contributed by atoms with van der Waals surface area (Å²) in [7, 11) is 7.14. The van der Waals surface area contributed by atoms with Gasteiger partial charge in [0.2, 0.25) is 5.91 Å². The number of nitrogens with zero attached hydrogens (tertiary/aromatic N) is 13. The summed E-state index contributed by atoms with van der Waals surface area (Å²) in [5.41, 5.74) is 29.5. The fourth-order valence-corrected chi connectivity index (χ4v) is 14.0. The highest BCUT2D eigenvalue weighted by Gasteiger charge is 2.33. The molecule has 3 fully saturated rings. The van der Waals surface area contributed by atoms with Gasteiger partial charge in [-0.25, -0.2) is 43.9 Å². The third-order valence-electron chi connectivity index (χ3n) is 18.9. The van der Waals surface area contributed by atoms with Gasteiger partial charge in [0.15, 0.2) is 5.76 Å². The van der Waals surface area contributed by atoms with E-state index in [1.807, 2.05) is 97.0 Å². The molecule has 490 valence electrons. The largest absolute Gasteiger partial charge is 0.454 e. The zero-order chi connectivity index (χ0) is 67.2. The molecule has 0 radical (unpaired) electrons. The number of terminal acetylenes is 2. The topological polar surface area (TPSA) is 290 Å². The maximum Gasteiger partial charge on any atom is 0.319 e. The molecule has 0 bridgehead atoms. The number of anilines is 3. The number of hydrogen-bond donors (Lipinski definition) is 6. The molecule has 96 heavy (non-hydrogen) atoms. The van der Waals surface area contributed by atoms with Crippen molar-refractivity contribution in [3.05, 3.63) is 144 Å². The van der Waals surface area contributed by atoms with Crippen LogP contribution in [0.25, 0.3) is 83.6 Å². The molecule has 3 aliphatic rings. The first-order valence-corrected chi connectivity index (χ1v) is 32.3. The van der Waals surface area contributed by atoms with Crippen LogP contribution in [0, 0.1) is 43.3 Å². The molecule has 5 amide bonds. The molecule has 3 aromatic carbocycles. The number of para-hydroxylation sites is 2. The third kappa shape index (κ3) is 11.9. The Kier molecular flexibility index (Phi) is 17.3. The van der Waals surface area contributed by atoms with E-state index in [4.69, 9.17) is 49.4 Å². The molecule has 9 N–H and O–H groups in total. The van der Waals surface area contributed by atoms with E-state index >= 15 is 0 Å². The number of aryl methyl sites for hydroxylation is 1. The van der Waals surface area contributed by atoms with Gasteiger partial charge in [-0.05, 0) is 106 Å². The number of piperidine rings is 2. The summed E-state index contributed by atoms with van der Waals surface area (Å²) in [4.78, 5) is 77.5. The van der Waals surface area contributed by atoms with Crippen LogP contribution in [0.1, 0.15) is 110 Å². The number of H-pyrrole nitrogens is 2. The fourth-order valence-electron chi connectivity index (χ4n) is 14.0. The minimum atomic E-state index is -0.348. The van der Waals surface area contributed by atoms with Crippen molar-refractivity contribution in [2.45, 2.75) is 83.0 Å². The average molecular weight is 1290 g/mol. The zero-order valence-electron chi connectivity index (χ0n) is 54.5. The van der Waals surface area contributed by atoms with E-state index in [0.717, 1.165) is 124 Å². The highest BCUT2D eigenvalue weighted by atomic mass is 19.1. The maximum absolute atomic E-state index is 14.5. The lowest BCUT2D eigenvalue weighted by Gasteiger charge is -2.33. The summed E-state index contributed by atoms with van der Waals surface area (Å²) < 4.78 is 26.8. The lowest BCUT2D eigenvalue weighted by molar-refractivity contribution is -0.119. The summed E-state index contributed by atoms with van der Waals surface area (Å²) in [6.45, 7) is 7.10. The molecular weight excluding hydrogens is 1210 g/mol. The predicted molar refractivity (Wildman–Crippen MR) is 371 cm³/mol. The molecule has 0 spiro atoms. The number of carbonyl (C=O) groups is 3. The summed E-state index contributed by atoms with van der Waals surface area (Å²) in [5.74, 6) is 10.9. The SMILES string of the molecule is C#Cc1ccc(F)c2cc(-c3nc(C4CCC(CNC(C)=O)CC4)n4ccnc(N)c34)[nH]c12.C#Cc1cccc2cc(-c3nc(C4CCN(C(=O)N(C)C)CC4)n4ccnc(N)c34)[nH]c12.Cc1cccc2cc(-c3nc(C4CCN(C(=O)N(C)C)CC4)n4ccnc(N)c34)oc12. The highest BCUT2D eigenvalue weighted by molar-refractivity contribution is 5.96. The average Bonchev–Trinajstić information content (AvgIpc) is 1.61. The lowest BCUT2D eigenvalue weighted by atomic mass is 9.81. The van der Waals surface area contributed by atoms with Gasteiger partial charge in [-0.3, -0.25) is 18.0 Å². The van der Waals surface area contributed by atoms with Crippen molar-refractivity contribution in [1.82, 2.24) is 78.0 Å². The number of fused-ring (bicyclic) bond motifs is 6. The van der Waals surface area contributed by atoms with Crippen molar-refractivity contribution in [2.75, 3.05) is 78.1 Å². The number of benzene rings is 3. The summed E-state index contributed by atoms with van der Waals surface area (Å²) in [5, 5.41) is 5.41. The van der Waals surface area contributed by atoms with Crippen LogP contribution in [0.4, 0.5) is 31.4 Å². The van der Waals surface area contributed by atoms with Crippen molar-refractivity contribution in [3.8, 4) is 58.9 Å². The van der Waals surface area contributed by atoms with Gasteiger partial charge < -0.3 is 56.5 Å². The molecule has 2 saturated heterocycles. The molecule has 15 rings (SSSR count). The minimum absolute atomic E-state index is 0.00626. The van der Waals surface area contributed by atoms with E-state index in [2.05, 4.69) is 42.1 Å². The van der Waals surface area contributed by atoms with Crippen LogP contribution >= 0.6 is 0 Å². The molecule has 23 nitrogen and oxygen atoms in total. The van der Waals surface area contributed by atoms with E-state index in [9.17, 15) is 18.8 Å². The molecule has 1 saturated carbocycles. The Morgan fingerprint density at radius 3 is 1.59 bits per heavy atom. The van der Waals surface area contributed by atoms with Gasteiger partial charge in [-0.15, -0.1) is 12.8 Å². The van der Waals surface area contributed by atoms with Gasteiger partial charge in [0.1, 0.15) is 80.0 Å². The molecular formula is C72H76FN19O4. The molecule has 24 heteroatoms. The van der Waals surface area contributed by atoms with Crippen molar-refractivity contribution < 1.29 is 23.2 Å². The van der Waals surface area contributed by atoms with E-state index in [1.54, 1.807) is 75.6 Å². The van der Waals surface area contributed by atoms with E-state index in [1.165, 1.54) is 6.07 Å². The van der Waals surface area contributed by atoms with Crippen molar-refractivity contribution in [3.63, 3.8) is 0 Å². The number of nitrogen functional groups attached to an aromatic ring is 3. The number of hydrogen-bond acceptors (Lipinski definition) is 13. The number of nitrogens with one attached hydrogen (secondary N) is 3. The van der Waals surface area contributed by atoms with Crippen LogP contribution in [0.3, 0.4) is 0 Å². The number of urea groups is 2. The molecule has 0 unspecified atom stereocenters. The fraction of sp³-hybridized carbons (Fsp3) is 0.319. The third-order valence-corrected chi connectivity index (χ3v) is 18.9. The summed E-state index contributed by atoms with van der Waals surface area (Å²) in [6.07, 6.45) is 29.4. The van der Waals surface area contributed by atoms with E-state index in [0.29, 0.717) is 101 Å². The summed E-state index contributed by atoms with van der Waals surface area (Å²) >= 11 is 0. The van der Waals surface area contributed by atoms with Crippen LogP contribution in [-0.4, -0.2) is 152 Å². The number of aromatic nitrogens is 11. The minimum Gasteiger partial charge on any atom is -0.454 e. The summed E-state index contributed by atoms with van der Waals surface area (Å²) in [6, 6.07) is 20.8. The van der Waals surface area contributed by atoms with Gasteiger partial charge in [-0.2, -0.15) is 0 Å². The number of carbonyl (C=O) groups excluding carboxylic acids is 3. The Morgan fingerprint density at radius 1 is 0.615 bits per heavy atom. The first kappa shape index (κ1) is 63.4. The number of furan rings is 1. The molecule has 2 aliphatic heterocycles. The van der Waals surface area contributed by atoms with Crippen molar-refractivity contribution in [1.29, 1.82) is 0 Å². The number of likely N-dealkylation sites (tertiary alicyclic amines) is 2. The maximum atomic E-state index is 14.5. The lowest BCUT2D eigenvalue weighted by Crippen LogP contribution is -2.43. The highest BCUT2D eigenvalue weighted by Crippen LogP contribution is 2.42. The standard InChI is InChI=1S/C25H25FN6O.C24H25N7O.C23H26N6O2/c1-3-16-8-9-19(26)18-12-20(30-21(16)18)22-23-24(27)28-10-11-32(23)25(31-22)17-6-4-15(5-7-17)13-29-14(2)33;1-4-15-6-5-7-17-14-18(27-19(15)17)20-21-22(25)26-10-13-31(21)23(28-20)16-8-11-30(12-9-16)24(32)29(2)3;1-14-5-4-6-16-13-17(31-20(14)16)18-19-21(24)25-9-12-29(19)22(26-18)15-7-10-28(11-8-15)23(30)27(2)3/h1,8-12,15,17,30H,4-7,13H2,2H3,(H2,27,28)(H,29,33);1,5-7,10,13-14,16,27H,8-9,11-12H2,2-3H3,(H2,25,26);4-6,9,12-13,15H,7-8,10-11H2,1-3H3,(H2,24,25). The molecule has 11 heterocycles. The number of amides is 5. The van der Waals surface area contributed by atoms with Gasteiger partial charge >= 0.3 is 12.1 Å². The van der Waals surface area contributed by atoms with Gasteiger partial charge in [0.25, 0.3) is 0 Å². The van der Waals surface area contributed by atoms with E-state index in [-0.39, 0.29) is 41.5 Å². The Balaban J connectivity index is 0.000000130. The smallest absolute Gasteiger partial charge is 0.319 e. The Labute approximate surface area is 553 Å². The van der Waals surface area contributed by atoms with Crippen LogP contribution in [0.2, 0.25) is 0 Å². The Hall–Kier alpha value is -11.4. The Bertz CT molecular complexity index is 5050. The number of aromatic amines is 2. The van der Waals surface area contributed by atoms with Gasteiger partial charge in [-0.1, -0.05) is 42.2 Å². The first-order valence-electron chi connectivity index (χ1n) is 32.3. The van der Waals surface area contributed by atoms with Crippen LogP contribution < -0.4 is 22.5 Å². The number of nitrogens with two attached hydrogens (primary N) is 3.